The fourth-order valence-corrected chi connectivity index (χ4v) is 2.54. The number of likely N-dealkylation sites (tertiary alicyclic amines) is 1. The van der Waals surface area contributed by atoms with Gasteiger partial charge in [0.25, 0.3) is 5.56 Å². The van der Waals surface area contributed by atoms with E-state index in [0.29, 0.717) is 5.92 Å². The van der Waals surface area contributed by atoms with Crippen LogP contribution in [0.5, 0.6) is 0 Å². The Morgan fingerprint density at radius 2 is 2.21 bits per heavy atom. The van der Waals surface area contributed by atoms with Gasteiger partial charge in [-0.15, -0.1) is 0 Å². The molecule has 1 aliphatic heterocycles. The van der Waals surface area contributed by atoms with Gasteiger partial charge in [-0.3, -0.25) is 9.59 Å². The van der Waals surface area contributed by atoms with Crippen molar-refractivity contribution in [2.75, 3.05) is 18.8 Å². The Morgan fingerprint density at radius 1 is 1.47 bits per heavy atom. The zero-order chi connectivity index (χ0) is 14.0. The van der Waals surface area contributed by atoms with Crippen molar-refractivity contribution >= 4 is 11.6 Å². The van der Waals surface area contributed by atoms with Crippen molar-refractivity contribution in [3.05, 3.63) is 28.2 Å². The monoisotopic (exact) mass is 263 g/mol. The van der Waals surface area contributed by atoms with Gasteiger partial charge in [0, 0.05) is 18.8 Å². The van der Waals surface area contributed by atoms with Crippen LogP contribution in [-0.4, -0.2) is 28.5 Å². The lowest BCUT2D eigenvalue weighted by Gasteiger charge is -2.31. The lowest BCUT2D eigenvalue weighted by Crippen LogP contribution is -2.42. The lowest BCUT2D eigenvalue weighted by atomic mass is 10.0. The molecule has 2 N–H and O–H groups in total. The van der Waals surface area contributed by atoms with Crippen LogP contribution in [0.4, 0.5) is 5.69 Å². The first-order valence-corrected chi connectivity index (χ1v) is 6.72. The smallest absolute Gasteiger partial charge is 0.274 e. The maximum Gasteiger partial charge on any atom is 0.274 e. The molecule has 0 aliphatic carbocycles. The van der Waals surface area contributed by atoms with Crippen molar-refractivity contribution < 1.29 is 4.79 Å². The molecular formula is C14H21N3O2. The van der Waals surface area contributed by atoms with Gasteiger partial charge in [-0.1, -0.05) is 6.92 Å². The first-order valence-electron chi connectivity index (χ1n) is 6.72. The molecule has 1 aromatic rings. The third-order valence-electron chi connectivity index (χ3n) is 3.73. The molecule has 1 aromatic heterocycles. The largest absolute Gasteiger partial charge is 0.394 e. The van der Waals surface area contributed by atoms with Crippen molar-refractivity contribution in [3.8, 4) is 0 Å². The Labute approximate surface area is 113 Å². The molecule has 19 heavy (non-hydrogen) atoms. The molecule has 0 spiro atoms. The molecule has 2 heterocycles. The number of rotatable bonds is 2. The van der Waals surface area contributed by atoms with E-state index in [9.17, 15) is 9.59 Å². The highest BCUT2D eigenvalue weighted by molar-refractivity contribution is 5.76. The number of pyridine rings is 1. The molecule has 0 radical (unpaired) electrons. The topological polar surface area (TPSA) is 68.3 Å². The zero-order valence-corrected chi connectivity index (χ0v) is 11.6. The minimum atomic E-state index is -0.279. The van der Waals surface area contributed by atoms with E-state index in [-0.39, 0.29) is 23.7 Å². The minimum Gasteiger partial charge on any atom is -0.394 e. The number of piperidine rings is 1. The molecular weight excluding hydrogens is 242 g/mol. The van der Waals surface area contributed by atoms with Crippen LogP contribution in [0.15, 0.2) is 16.9 Å². The molecule has 1 saturated heterocycles. The summed E-state index contributed by atoms with van der Waals surface area (Å²) in [7, 11) is 0. The highest BCUT2D eigenvalue weighted by Crippen LogP contribution is 2.15. The first kappa shape index (κ1) is 13.6. The average molecular weight is 263 g/mol. The maximum atomic E-state index is 12.3. The summed E-state index contributed by atoms with van der Waals surface area (Å²) in [5, 5.41) is 0. The van der Waals surface area contributed by atoms with E-state index in [0.717, 1.165) is 25.2 Å². The van der Waals surface area contributed by atoms with E-state index in [1.165, 1.54) is 11.0 Å². The van der Waals surface area contributed by atoms with E-state index in [1.807, 2.05) is 11.8 Å². The van der Waals surface area contributed by atoms with Crippen molar-refractivity contribution in [3.63, 3.8) is 0 Å². The number of nitrogen functional groups attached to an aromatic ring is 1. The fourth-order valence-electron chi connectivity index (χ4n) is 2.54. The second kappa shape index (κ2) is 5.47. The highest BCUT2D eigenvalue weighted by atomic mass is 16.2. The molecule has 0 bridgehead atoms. The number of carbonyl (C=O) groups excluding carboxylic acids is 1. The summed E-state index contributed by atoms with van der Waals surface area (Å²) >= 11 is 0. The van der Waals surface area contributed by atoms with Crippen LogP contribution in [0.3, 0.4) is 0 Å². The number of amides is 1. The molecule has 1 aliphatic rings. The van der Waals surface area contributed by atoms with Crippen molar-refractivity contribution in [1.82, 2.24) is 9.47 Å². The van der Waals surface area contributed by atoms with Gasteiger partial charge in [-0.2, -0.15) is 0 Å². The van der Waals surface area contributed by atoms with Gasteiger partial charge in [0.15, 0.2) is 0 Å². The summed E-state index contributed by atoms with van der Waals surface area (Å²) in [5.41, 5.74) is 6.28. The molecule has 0 unspecified atom stereocenters. The number of hydrogen-bond acceptors (Lipinski definition) is 3. The Hall–Kier alpha value is -1.78. The van der Waals surface area contributed by atoms with E-state index in [4.69, 9.17) is 5.73 Å². The Bertz CT molecular complexity index is 536. The third-order valence-corrected chi connectivity index (χ3v) is 3.73. The number of anilines is 1. The Kier molecular flexibility index (Phi) is 3.93. The van der Waals surface area contributed by atoms with E-state index in [2.05, 4.69) is 6.92 Å². The molecule has 0 aromatic carbocycles. The molecule has 1 fully saturated rings. The van der Waals surface area contributed by atoms with Crippen molar-refractivity contribution in [1.29, 1.82) is 0 Å². The van der Waals surface area contributed by atoms with Crippen LogP contribution < -0.4 is 11.3 Å². The molecule has 1 amide bonds. The number of carbonyl (C=O) groups is 1. The number of aromatic nitrogens is 1. The molecule has 5 nitrogen and oxygen atoms in total. The molecule has 2 rings (SSSR count). The Morgan fingerprint density at radius 3 is 2.89 bits per heavy atom. The minimum absolute atomic E-state index is 0.00218. The number of hydrogen-bond donors (Lipinski definition) is 1. The quantitative estimate of drug-likeness (QED) is 0.865. The van der Waals surface area contributed by atoms with Crippen LogP contribution in [0.2, 0.25) is 0 Å². The number of nitrogens with zero attached hydrogens (tertiary/aromatic N) is 2. The third kappa shape index (κ3) is 2.97. The van der Waals surface area contributed by atoms with Gasteiger partial charge in [0.1, 0.15) is 6.54 Å². The van der Waals surface area contributed by atoms with Gasteiger partial charge < -0.3 is 15.2 Å². The number of nitrogens with two attached hydrogens (primary N) is 1. The molecule has 104 valence electrons. The predicted molar refractivity (Wildman–Crippen MR) is 74.8 cm³/mol. The summed E-state index contributed by atoms with van der Waals surface area (Å²) in [4.78, 5) is 26.0. The van der Waals surface area contributed by atoms with E-state index in [1.54, 1.807) is 12.1 Å². The maximum absolute atomic E-state index is 12.3. The highest BCUT2D eigenvalue weighted by Gasteiger charge is 2.21. The fraction of sp³-hybridized carbons (Fsp3) is 0.571. The van der Waals surface area contributed by atoms with Gasteiger partial charge in [0.05, 0.1) is 5.69 Å². The summed E-state index contributed by atoms with van der Waals surface area (Å²) in [5.74, 6) is 0.540. The van der Waals surface area contributed by atoms with Crippen molar-refractivity contribution in [2.45, 2.75) is 33.2 Å². The standard InChI is InChI=1S/C14H21N3O2/c1-10-4-3-7-16(8-10)13(18)9-17-11(2)5-6-12(15)14(17)19/h5-6,10H,3-4,7-9,15H2,1-2H3/t10-/m1/s1. The zero-order valence-electron chi connectivity index (χ0n) is 11.6. The first-order chi connectivity index (χ1) is 8.99. The lowest BCUT2D eigenvalue weighted by molar-refractivity contribution is -0.133. The molecule has 0 saturated carbocycles. The summed E-state index contributed by atoms with van der Waals surface area (Å²) in [6.45, 7) is 5.63. The van der Waals surface area contributed by atoms with Crippen molar-refractivity contribution in [2.24, 2.45) is 5.92 Å². The number of aryl methyl sites for hydroxylation is 1. The predicted octanol–water partition coefficient (Wildman–Crippen LogP) is 0.997. The van der Waals surface area contributed by atoms with Gasteiger partial charge >= 0.3 is 0 Å². The van der Waals surface area contributed by atoms with Crippen LogP contribution in [0.1, 0.15) is 25.5 Å². The summed E-state index contributed by atoms with van der Waals surface area (Å²) in [6, 6.07) is 3.35. The molecule has 1 atom stereocenters. The van der Waals surface area contributed by atoms with E-state index >= 15 is 0 Å². The van der Waals surface area contributed by atoms with Gasteiger partial charge in [0.2, 0.25) is 5.91 Å². The van der Waals surface area contributed by atoms with Crippen LogP contribution in [-0.2, 0) is 11.3 Å². The van der Waals surface area contributed by atoms with Crippen LogP contribution >= 0.6 is 0 Å². The summed E-state index contributed by atoms with van der Waals surface area (Å²) < 4.78 is 1.46. The second-order valence-corrected chi connectivity index (χ2v) is 5.41. The van der Waals surface area contributed by atoms with Gasteiger partial charge in [-0.05, 0) is 37.8 Å². The average Bonchev–Trinajstić information content (AvgIpc) is 2.39. The summed E-state index contributed by atoms with van der Waals surface area (Å²) in [6.07, 6.45) is 2.21. The second-order valence-electron chi connectivity index (χ2n) is 5.41. The van der Waals surface area contributed by atoms with E-state index < -0.39 is 0 Å². The molecule has 5 heteroatoms. The normalized spacial score (nSPS) is 19.5. The van der Waals surface area contributed by atoms with Gasteiger partial charge in [-0.25, -0.2) is 0 Å². The SMILES string of the molecule is Cc1ccc(N)c(=O)n1CC(=O)N1CCC[C@@H](C)C1. The van der Waals surface area contributed by atoms with Crippen LogP contribution in [0, 0.1) is 12.8 Å². The van der Waals surface area contributed by atoms with Crippen LogP contribution in [0.25, 0.3) is 0 Å². The Balaban J connectivity index is 2.15.